The van der Waals surface area contributed by atoms with Crippen molar-refractivity contribution in [1.82, 2.24) is 0 Å². The average molecular weight is 178 g/mol. The average Bonchev–Trinajstić information content (AvgIpc) is 2.45. The third-order valence-electron chi connectivity index (χ3n) is 1.85. The predicted octanol–water partition coefficient (Wildman–Crippen LogP) is 2.38. The van der Waals surface area contributed by atoms with Gasteiger partial charge in [0.15, 0.2) is 0 Å². The van der Waals surface area contributed by atoms with Crippen molar-refractivity contribution in [2.24, 2.45) is 0 Å². The summed E-state index contributed by atoms with van der Waals surface area (Å²) in [6.07, 6.45) is 8.72. The normalized spacial score (nSPS) is 25.5. The molecule has 1 saturated heterocycles. The van der Waals surface area contributed by atoms with E-state index in [2.05, 4.69) is 6.58 Å². The number of esters is 1. The maximum absolute atomic E-state index is 11.2. The third-order valence-corrected chi connectivity index (χ3v) is 1.85. The second-order valence-corrected chi connectivity index (χ2v) is 2.91. The SMILES string of the molecule is C=C/C=C/C1C/C(=C/CC)C(=O)O1. The van der Waals surface area contributed by atoms with E-state index in [9.17, 15) is 4.79 Å². The Hall–Kier alpha value is -1.31. The fourth-order valence-electron chi connectivity index (χ4n) is 1.28. The first-order valence-corrected chi connectivity index (χ1v) is 4.47. The highest BCUT2D eigenvalue weighted by Gasteiger charge is 2.25. The van der Waals surface area contributed by atoms with Crippen LogP contribution < -0.4 is 0 Å². The molecule has 13 heavy (non-hydrogen) atoms. The molecule has 0 aromatic rings. The highest BCUT2D eigenvalue weighted by atomic mass is 16.5. The van der Waals surface area contributed by atoms with Crippen molar-refractivity contribution in [2.45, 2.75) is 25.9 Å². The lowest BCUT2D eigenvalue weighted by Crippen LogP contribution is -2.01. The minimum absolute atomic E-state index is 0.0942. The molecular formula is C11H14O2. The van der Waals surface area contributed by atoms with Crippen molar-refractivity contribution in [3.05, 3.63) is 36.5 Å². The van der Waals surface area contributed by atoms with Gasteiger partial charge in [-0.25, -0.2) is 4.79 Å². The summed E-state index contributed by atoms with van der Waals surface area (Å²) in [6, 6.07) is 0. The van der Waals surface area contributed by atoms with E-state index in [1.165, 1.54) is 0 Å². The molecule has 0 aromatic heterocycles. The lowest BCUT2D eigenvalue weighted by atomic mass is 10.1. The van der Waals surface area contributed by atoms with Gasteiger partial charge in [0.1, 0.15) is 6.10 Å². The summed E-state index contributed by atoms with van der Waals surface area (Å²) in [6.45, 7) is 5.56. The molecule has 2 heteroatoms. The second-order valence-electron chi connectivity index (χ2n) is 2.91. The standard InChI is InChI=1S/C11H14O2/c1-3-5-7-10-8-9(6-4-2)11(12)13-10/h3,5-7,10H,1,4,8H2,2H3/b7-5+,9-6-. The molecule has 0 bridgehead atoms. The zero-order chi connectivity index (χ0) is 9.68. The van der Waals surface area contributed by atoms with Crippen molar-refractivity contribution in [1.29, 1.82) is 0 Å². The van der Waals surface area contributed by atoms with E-state index in [-0.39, 0.29) is 12.1 Å². The van der Waals surface area contributed by atoms with Gasteiger partial charge in [0, 0.05) is 12.0 Å². The molecular weight excluding hydrogens is 164 g/mol. The first kappa shape index (κ1) is 9.78. The quantitative estimate of drug-likeness (QED) is 0.377. The summed E-state index contributed by atoms with van der Waals surface area (Å²) in [4.78, 5) is 11.2. The fraction of sp³-hybridized carbons (Fsp3) is 0.364. The molecule has 0 N–H and O–H groups in total. The van der Waals surface area contributed by atoms with Crippen molar-refractivity contribution in [3.8, 4) is 0 Å². The number of carbonyl (C=O) groups is 1. The van der Waals surface area contributed by atoms with Crippen molar-refractivity contribution in [2.75, 3.05) is 0 Å². The summed E-state index contributed by atoms with van der Waals surface area (Å²) in [5.41, 5.74) is 0.793. The van der Waals surface area contributed by atoms with Gasteiger partial charge in [0.25, 0.3) is 0 Å². The Morgan fingerprint density at radius 3 is 3.08 bits per heavy atom. The topological polar surface area (TPSA) is 26.3 Å². The van der Waals surface area contributed by atoms with Gasteiger partial charge < -0.3 is 4.74 Å². The van der Waals surface area contributed by atoms with Gasteiger partial charge in [-0.15, -0.1) is 0 Å². The Balaban J connectivity index is 2.60. The lowest BCUT2D eigenvalue weighted by Gasteiger charge is -1.98. The number of hydrogen-bond donors (Lipinski definition) is 0. The van der Waals surface area contributed by atoms with Crippen LogP contribution >= 0.6 is 0 Å². The molecule has 0 amide bonds. The van der Waals surface area contributed by atoms with E-state index in [4.69, 9.17) is 4.74 Å². The summed E-state index contributed by atoms with van der Waals surface area (Å²) in [5, 5.41) is 0. The molecule has 2 nitrogen and oxygen atoms in total. The van der Waals surface area contributed by atoms with Crippen LogP contribution in [-0.2, 0) is 9.53 Å². The molecule has 1 aliphatic rings. The summed E-state index contributed by atoms with van der Waals surface area (Å²) in [5.74, 6) is -0.180. The third kappa shape index (κ3) is 2.58. The predicted molar refractivity (Wildman–Crippen MR) is 52.2 cm³/mol. The first-order valence-electron chi connectivity index (χ1n) is 4.47. The Morgan fingerprint density at radius 1 is 1.69 bits per heavy atom. The molecule has 1 rings (SSSR count). The number of carbonyl (C=O) groups excluding carboxylic acids is 1. The van der Waals surface area contributed by atoms with Gasteiger partial charge in [0.05, 0.1) is 0 Å². The maximum atomic E-state index is 11.2. The Labute approximate surface area is 78.6 Å². The monoisotopic (exact) mass is 178 g/mol. The molecule has 1 heterocycles. The largest absolute Gasteiger partial charge is 0.454 e. The molecule has 0 saturated carbocycles. The van der Waals surface area contributed by atoms with E-state index in [1.807, 2.05) is 19.1 Å². The number of hydrogen-bond acceptors (Lipinski definition) is 2. The molecule has 1 unspecified atom stereocenters. The van der Waals surface area contributed by atoms with E-state index in [0.29, 0.717) is 6.42 Å². The molecule has 1 aliphatic heterocycles. The highest BCUT2D eigenvalue weighted by Crippen LogP contribution is 2.21. The molecule has 0 radical (unpaired) electrons. The van der Waals surface area contributed by atoms with Gasteiger partial charge in [0.2, 0.25) is 0 Å². The number of allylic oxidation sites excluding steroid dienone is 3. The van der Waals surface area contributed by atoms with Gasteiger partial charge in [-0.1, -0.05) is 31.7 Å². The Kier molecular flexibility index (Phi) is 3.50. The molecule has 0 spiro atoms. The smallest absolute Gasteiger partial charge is 0.334 e. The van der Waals surface area contributed by atoms with E-state index in [1.54, 1.807) is 12.2 Å². The minimum atomic E-state index is -0.180. The van der Waals surface area contributed by atoms with Crippen LogP contribution in [0.25, 0.3) is 0 Å². The fourth-order valence-corrected chi connectivity index (χ4v) is 1.28. The van der Waals surface area contributed by atoms with Crippen LogP contribution in [0.2, 0.25) is 0 Å². The van der Waals surface area contributed by atoms with Crippen LogP contribution in [0.1, 0.15) is 19.8 Å². The summed E-state index contributed by atoms with van der Waals surface area (Å²) in [7, 11) is 0. The van der Waals surface area contributed by atoms with E-state index < -0.39 is 0 Å². The first-order chi connectivity index (χ1) is 6.27. The number of rotatable bonds is 3. The summed E-state index contributed by atoms with van der Waals surface area (Å²) >= 11 is 0. The second kappa shape index (κ2) is 4.65. The van der Waals surface area contributed by atoms with Crippen molar-refractivity contribution < 1.29 is 9.53 Å². The van der Waals surface area contributed by atoms with Crippen LogP contribution in [0.5, 0.6) is 0 Å². The van der Waals surface area contributed by atoms with Crippen LogP contribution in [0, 0.1) is 0 Å². The van der Waals surface area contributed by atoms with Crippen LogP contribution in [0.3, 0.4) is 0 Å². The number of cyclic esters (lactones) is 1. The molecule has 1 fully saturated rings. The van der Waals surface area contributed by atoms with Crippen LogP contribution in [0.4, 0.5) is 0 Å². The van der Waals surface area contributed by atoms with Gasteiger partial charge in [-0.05, 0) is 12.5 Å². The number of ether oxygens (including phenoxy) is 1. The zero-order valence-electron chi connectivity index (χ0n) is 7.82. The maximum Gasteiger partial charge on any atom is 0.334 e. The van der Waals surface area contributed by atoms with Crippen molar-refractivity contribution in [3.63, 3.8) is 0 Å². The zero-order valence-corrected chi connectivity index (χ0v) is 7.82. The molecule has 0 aromatic carbocycles. The molecule has 70 valence electrons. The van der Waals surface area contributed by atoms with Gasteiger partial charge >= 0.3 is 5.97 Å². The molecule has 1 atom stereocenters. The van der Waals surface area contributed by atoms with Crippen molar-refractivity contribution >= 4 is 5.97 Å². The van der Waals surface area contributed by atoms with E-state index >= 15 is 0 Å². The van der Waals surface area contributed by atoms with Gasteiger partial charge in [-0.3, -0.25) is 0 Å². The Bertz CT molecular complexity index is 261. The van der Waals surface area contributed by atoms with Crippen LogP contribution in [0.15, 0.2) is 36.5 Å². The van der Waals surface area contributed by atoms with Gasteiger partial charge in [-0.2, -0.15) is 0 Å². The molecule has 0 aliphatic carbocycles. The van der Waals surface area contributed by atoms with E-state index in [0.717, 1.165) is 12.0 Å². The highest BCUT2D eigenvalue weighted by molar-refractivity contribution is 5.90. The summed E-state index contributed by atoms with van der Waals surface area (Å²) < 4.78 is 5.09. The van der Waals surface area contributed by atoms with Crippen LogP contribution in [-0.4, -0.2) is 12.1 Å². The Morgan fingerprint density at radius 2 is 2.46 bits per heavy atom. The minimum Gasteiger partial charge on any atom is -0.454 e. The lowest BCUT2D eigenvalue weighted by molar-refractivity contribution is -0.137.